The van der Waals surface area contributed by atoms with Crippen molar-refractivity contribution >= 4 is 28.9 Å². The fourth-order valence-electron chi connectivity index (χ4n) is 4.22. The van der Waals surface area contributed by atoms with Crippen molar-refractivity contribution in [2.75, 3.05) is 18.4 Å². The predicted octanol–water partition coefficient (Wildman–Crippen LogP) is 4.61. The lowest BCUT2D eigenvalue weighted by atomic mass is 9.98. The van der Waals surface area contributed by atoms with E-state index in [2.05, 4.69) is 57.9 Å². The quantitative estimate of drug-likeness (QED) is 0.329. The van der Waals surface area contributed by atoms with Crippen LogP contribution in [0.15, 0.2) is 49.1 Å². The van der Waals surface area contributed by atoms with E-state index >= 15 is 0 Å². The lowest BCUT2D eigenvalue weighted by molar-refractivity contribution is 0.0954. The summed E-state index contributed by atoms with van der Waals surface area (Å²) in [4.78, 5) is 26.8. The molecule has 37 heavy (non-hydrogen) atoms. The van der Waals surface area contributed by atoms with Crippen molar-refractivity contribution in [1.29, 1.82) is 0 Å². The Kier molecular flexibility index (Phi) is 7.03. The fraction of sp³-hybridized carbons (Fsp3) is 0.370. The van der Waals surface area contributed by atoms with Gasteiger partial charge in [0.2, 0.25) is 5.95 Å². The largest absolute Gasteiger partial charge is 0.347 e. The molecule has 1 aliphatic rings. The maximum absolute atomic E-state index is 12.6. The van der Waals surface area contributed by atoms with Crippen LogP contribution in [0, 0.1) is 6.92 Å². The first-order valence-corrected chi connectivity index (χ1v) is 13.3. The molecule has 0 bridgehead atoms. The molecule has 0 aliphatic carbocycles. The molecular weight excluding hydrogens is 484 g/mol. The number of aryl methyl sites for hydroxylation is 1. The molecule has 1 aromatic carbocycles. The van der Waals surface area contributed by atoms with Crippen LogP contribution >= 0.6 is 11.3 Å². The Morgan fingerprint density at radius 2 is 2.08 bits per heavy atom. The third-order valence-electron chi connectivity index (χ3n) is 6.37. The molecule has 4 aromatic rings. The third kappa shape index (κ3) is 5.86. The molecule has 1 atom stereocenters. The summed E-state index contributed by atoms with van der Waals surface area (Å²) in [6.07, 6.45) is 8.29. The number of carbonyl (C=O) groups excluding carboxylic acids is 1. The highest BCUT2D eigenvalue weighted by Crippen LogP contribution is 2.27. The Bertz CT molecular complexity index is 1400. The molecule has 1 fully saturated rings. The minimum atomic E-state index is -0.101. The maximum atomic E-state index is 12.6. The lowest BCUT2D eigenvalue weighted by Gasteiger charge is -2.13. The molecule has 0 saturated carbocycles. The molecule has 0 unspecified atom stereocenters. The number of amides is 1. The molecular formula is C27H32N8OS. The van der Waals surface area contributed by atoms with Crippen LogP contribution in [0.5, 0.6) is 0 Å². The summed E-state index contributed by atoms with van der Waals surface area (Å²) in [6.45, 7) is 10.7. The van der Waals surface area contributed by atoms with Crippen LogP contribution in [-0.4, -0.2) is 43.7 Å². The van der Waals surface area contributed by atoms with Crippen molar-refractivity contribution in [3.8, 4) is 11.3 Å². The topological polar surface area (TPSA) is 110 Å². The van der Waals surface area contributed by atoms with Gasteiger partial charge in [0.15, 0.2) is 0 Å². The van der Waals surface area contributed by atoms with Gasteiger partial charge < -0.3 is 16.0 Å². The van der Waals surface area contributed by atoms with E-state index in [1.807, 2.05) is 36.0 Å². The zero-order valence-electron chi connectivity index (χ0n) is 21.6. The summed E-state index contributed by atoms with van der Waals surface area (Å²) < 4.78 is 1.99. The van der Waals surface area contributed by atoms with E-state index in [4.69, 9.17) is 4.98 Å². The highest BCUT2D eigenvalue weighted by Gasteiger charge is 2.20. The molecule has 1 saturated heterocycles. The van der Waals surface area contributed by atoms with Crippen LogP contribution in [-0.2, 0) is 12.0 Å². The van der Waals surface area contributed by atoms with E-state index in [0.29, 0.717) is 23.4 Å². The van der Waals surface area contributed by atoms with Gasteiger partial charge in [0.1, 0.15) is 4.88 Å². The molecule has 0 radical (unpaired) electrons. The van der Waals surface area contributed by atoms with Crippen molar-refractivity contribution in [3.63, 3.8) is 0 Å². The minimum Gasteiger partial charge on any atom is -0.347 e. The second-order valence-electron chi connectivity index (χ2n) is 10.3. The summed E-state index contributed by atoms with van der Waals surface area (Å²) in [5.74, 6) is 0.422. The number of aromatic nitrogens is 5. The van der Waals surface area contributed by atoms with E-state index in [0.717, 1.165) is 52.6 Å². The van der Waals surface area contributed by atoms with Crippen LogP contribution in [0.4, 0.5) is 11.6 Å². The van der Waals surface area contributed by atoms with Crippen molar-refractivity contribution in [2.24, 2.45) is 0 Å². The number of thiazole rings is 1. The van der Waals surface area contributed by atoms with Crippen LogP contribution in [0.1, 0.15) is 59.0 Å². The van der Waals surface area contributed by atoms with E-state index < -0.39 is 0 Å². The second-order valence-corrected chi connectivity index (χ2v) is 11.4. The highest BCUT2D eigenvalue weighted by molar-refractivity contribution is 7.13. The molecule has 1 amide bonds. The standard InChI is InChI=1S/C27H32N8OS/c1-17-11-18(5-6-19(17)12-30-24(36)23-15-31-25(37-23)27(2,3)4)22-8-10-29-26(34-22)33-20-13-32-35(16-20)21-7-9-28-14-21/h5-6,8,10-11,13,15-16,21,28H,7,9,12,14H2,1-4H3,(H,30,36)(H,29,33,34)/t21-/m1/s1. The first-order valence-electron chi connectivity index (χ1n) is 12.5. The zero-order valence-corrected chi connectivity index (χ0v) is 22.4. The van der Waals surface area contributed by atoms with Gasteiger partial charge in [-0.15, -0.1) is 11.3 Å². The summed E-state index contributed by atoms with van der Waals surface area (Å²) in [5.41, 5.74) is 4.74. The van der Waals surface area contributed by atoms with Crippen molar-refractivity contribution < 1.29 is 4.79 Å². The fourth-order valence-corrected chi connectivity index (χ4v) is 5.11. The Hall–Kier alpha value is -3.63. The maximum Gasteiger partial charge on any atom is 0.263 e. The average molecular weight is 517 g/mol. The van der Waals surface area contributed by atoms with Crippen molar-refractivity contribution in [1.82, 2.24) is 35.4 Å². The van der Waals surface area contributed by atoms with Gasteiger partial charge in [-0.05, 0) is 43.1 Å². The Labute approximate surface area is 220 Å². The summed E-state index contributed by atoms with van der Waals surface area (Å²) in [6, 6.07) is 8.43. The molecule has 9 nitrogen and oxygen atoms in total. The normalized spacial score (nSPS) is 15.6. The van der Waals surface area contributed by atoms with Crippen molar-refractivity contribution in [3.05, 3.63) is 70.1 Å². The minimum absolute atomic E-state index is 0.0683. The Morgan fingerprint density at radius 1 is 1.22 bits per heavy atom. The van der Waals surface area contributed by atoms with E-state index in [-0.39, 0.29) is 11.3 Å². The number of nitrogens with one attached hydrogen (secondary N) is 3. The van der Waals surface area contributed by atoms with Crippen LogP contribution < -0.4 is 16.0 Å². The number of hydrogen-bond acceptors (Lipinski definition) is 8. The van der Waals surface area contributed by atoms with Crippen molar-refractivity contribution in [2.45, 2.75) is 52.1 Å². The summed E-state index contributed by atoms with van der Waals surface area (Å²) >= 11 is 1.45. The predicted molar refractivity (Wildman–Crippen MR) is 146 cm³/mol. The Morgan fingerprint density at radius 3 is 2.81 bits per heavy atom. The molecule has 1 aliphatic heterocycles. The second kappa shape index (κ2) is 10.4. The lowest BCUT2D eigenvalue weighted by Crippen LogP contribution is -2.22. The number of hydrogen-bond donors (Lipinski definition) is 3. The summed E-state index contributed by atoms with van der Waals surface area (Å²) in [7, 11) is 0. The molecule has 0 spiro atoms. The molecule has 5 rings (SSSR count). The van der Waals surface area contributed by atoms with Gasteiger partial charge >= 0.3 is 0 Å². The number of anilines is 2. The monoisotopic (exact) mass is 516 g/mol. The number of rotatable bonds is 7. The van der Waals surface area contributed by atoms with E-state index in [1.54, 1.807) is 18.6 Å². The van der Waals surface area contributed by atoms with Gasteiger partial charge in [-0.25, -0.2) is 15.0 Å². The molecule has 3 aromatic heterocycles. The van der Waals surface area contributed by atoms with Gasteiger partial charge in [0, 0.05) is 36.5 Å². The van der Waals surface area contributed by atoms with Crippen LogP contribution in [0.3, 0.4) is 0 Å². The molecule has 10 heteroatoms. The van der Waals surface area contributed by atoms with E-state index in [1.165, 1.54) is 11.3 Å². The van der Waals surface area contributed by atoms with Crippen LogP contribution in [0.2, 0.25) is 0 Å². The molecule has 3 N–H and O–H groups in total. The average Bonchev–Trinajstić information content (AvgIpc) is 3.64. The number of benzene rings is 1. The SMILES string of the molecule is Cc1cc(-c2ccnc(Nc3cnn([C@@H]4CCNC4)c3)n2)ccc1CNC(=O)c1cnc(C(C)(C)C)s1. The van der Waals surface area contributed by atoms with Gasteiger partial charge in [-0.2, -0.15) is 5.10 Å². The highest BCUT2D eigenvalue weighted by atomic mass is 32.1. The number of nitrogens with zero attached hydrogens (tertiary/aromatic N) is 5. The summed E-state index contributed by atoms with van der Waals surface area (Å²) in [5, 5.41) is 15.1. The van der Waals surface area contributed by atoms with E-state index in [9.17, 15) is 4.79 Å². The number of carbonyl (C=O) groups is 1. The smallest absolute Gasteiger partial charge is 0.263 e. The first-order chi connectivity index (χ1) is 17.8. The third-order valence-corrected chi connectivity index (χ3v) is 7.79. The molecule has 192 valence electrons. The first kappa shape index (κ1) is 25.0. The van der Waals surface area contributed by atoms with Gasteiger partial charge in [-0.1, -0.05) is 32.9 Å². The van der Waals surface area contributed by atoms with Gasteiger partial charge in [0.05, 0.1) is 34.8 Å². The van der Waals surface area contributed by atoms with Gasteiger partial charge in [-0.3, -0.25) is 9.48 Å². The zero-order chi connectivity index (χ0) is 26.0. The Balaban J connectivity index is 1.23. The van der Waals surface area contributed by atoms with Gasteiger partial charge in [0.25, 0.3) is 5.91 Å². The molecule has 4 heterocycles. The van der Waals surface area contributed by atoms with Crippen LogP contribution in [0.25, 0.3) is 11.3 Å².